The van der Waals surface area contributed by atoms with Gasteiger partial charge in [-0.15, -0.1) is 0 Å². The van der Waals surface area contributed by atoms with Gasteiger partial charge in [0.05, 0.1) is 11.1 Å². The van der Waals surface area contributed by atoms with Crippen molar-refractivity contribution in [1.82, 2.24) is 9.61 Å². The maximum Gasteiger partial charge on any atom is 0.259 e. The third-order valence-electron chi connectivity index (χ3n) is 3.76. The molecule has 4 aromatic rings. The standard InChI is InChI=1S/C20H15N3O2/c24-20(22-15-11-13-23-16(14-15)10-12-21-23)18-8-4-5-9-19(18)25-17-6-2-1-3-7-17/h1-14H,(H,22,24). The number of fused-ring (bicyclic) bond motifs is 1. The third kappa shape index (κ3) is 3.21. The van der Waals surface area contributed by atoms with Gasteiger partial charge in [-0.3, -0.25) is 4.79 Å². The van der Waals surface area contributed by atoms with Crippen LogP contribution in [-0.2, 0) is 0 Å². The number of rotatable bonds is 4. The molecular weight excluding hydrogens is 314 g/mol. The van der Waals surface area contributed by atoms with Crippen molar-refractivity contribution < 1.29 is 9.53 Å². The summed E-state index contributed by atoms with van der Waals surface area (Å²) in [5.41, 5.74) is 2.08. The van der Waals surface area contributed by atoms with Gasteiger partial charge >= 0.3 is 0 Å². The largest absolute Gasteiger partial charge is 0.457 e. The van der Waals surface area contributed by atoms with Crippen LogP contribution in [0.5, 0.6) is 11.5 Å². The summed E-state index contributed by atoms with van der Waals surface area (Å²) in [6.45, 7) is 0. The zero-order valence-corrected chi connectivity index (χ0v) is 13.3. The Morgan fingerprint density at radius 3 is 2.64 bits per heavy atom. The van der Waals surface area contributed by atoms with Gasteiger partial charge in [-0.05, 0) is 42.5 Å². The minimum absolute atomic E-state index is 0.226. The average Bonchev–Trinajstić information content (AvgIpc) is 3.11. The number of nitrogens with zero attached hydrogens (tertiary/aromatic N) is 2. The van der Waals surface area contributed by atoms with E-state index in [0.717, 1.165) is 5.52 Å². The van der Waals surface area contributed by atoms with E-state index in [1.54, 1.807) is 35.1 Å². The fourth-order valence-corrected chi connectivity index (χ4v) is 2.56. The number of aromatic nitrogens is 2. The molecule has 5 heteroatoms. The molecule has 122 valence electrons. The van der Waals surface area contributed by atoms with E-state index in [1.807, 2.05) is 54.6 Å². The molecule has 0 saturated carbocycles. The summed E-state index contributed by atoms with van der Waals surface area (Å²) < 4.78 is 7.59. The van der Waals surface area contributed by atoms with Crippen LogP contribution >= 0.6 is 0 Å². The van der Waals surface area contributed by atoms with Gasteiger partial charge in [0, 0.05) is 18.1 Å². The SMILES string of the molecule is O=C(Nc1ccn2nccc2c1)c1ccccc1Oc1ccccc1. The van der Waals surface area contributed by atoms with Gasteiger partial charge in [-0.1, -0.05) is 30.3 Å². The Balaban J connectivity index is 1.59. The van der Waals surface area contributed by atoms with Gasteiger partial charge in [-0.2, -0.15) is 5.10 Å². The minimum Gasteiger partial charge on any atom is -0.457 e. The number of nitrogens with one attached hydrogen (secondary N) is 1. The van der Waals surface area contributed by atoms with Gasteiger partial charge < -0.3 is 10.1 Å². The molecule has 25 heavy (non-hydrogen) atoms. The Bertz CT molecular complexity index is 1030. The Kier molecular flexibility index (Phi) is 3.88. The third-order valence-corrected chi connectivity index (χ3v) is 3.76. The van der Waals surface area contributed by atoms with Crippen molar-refractivity contribution in [1.29, 1.82) is 0 Å². The molecule has 0 unspecified atom stereocenters. The van der Waals surface area contributed by atoms with Gasteiger partial charge in [0.25, 0.3) is 5.91 Å². The first-order valence-corrected chi connectivity index (χ1v) is 7.86. The second-order valence-electron chi connectivity index (χ2n) is 5.48. The molecule has 0 saturated heterocycles. The Morgan fingerprint density at radius 1 is 0.960 bits per heavy atom. The van der Waals surface area contributed by atoms with Crippen molar-refractivity contribution in [2.75, 3.05) is 5.32 Å². The number of amides is 1. The molecular formula is C20H15N3O2. The molecule has 2 aromatic carbocycles. The van der Waals surface area contributed by atoms with Crippen LogP contribution in [-0.4, -0.2) is 15.5 Å². The number of carbonyl (C=O) groups excluding carboxylic acids is 1. The summed E-state index contributed by atoms with van der Waals surface area (Å²) in [7, 11) is 0. The molecule has 0 radical (unpaired) electrons. The van der Waals surface area contributed by atoms with Crippen molar-refractivity contribution in [2.45, 2.75) is 0 Å². The lowest BCUT2D eigenvalue weighted by atomic mass is 10.2. The number of para-hydroxylation sites is 2. The number of hydrogen-bond acceptors (Lipinski definition) is 3. The highest BCUT2D eigenvalue weighted by atomic mass is 16.5. The maximum atomic E-state index is 12.7. The quantitative estimate of drug-likeness (QED) is 0.604. The zero-order chi connectivity index (χ0) is 17.1. The number of carbonyl (C=O) groups is 1. The summed E-state index contributed by atoms with van der Waals surface area (Å²) in [6, 6.07) is 22.1. The summed E-state index contributed by atoms with van der Waals surface area (Å²) in [5, 5.41) is 7.05. The second kappa shape index (κ2) is 6.49. The molecule has 4 rings (SSSR count). The smallest absolute Gasteiger partial charge is 0.259 e. The highest BCUT2D eigenvalue weighted by Crippen LogP contribution is 2.26. The van der Waals surface area contributed by atoms with Crippen molar-refractivity contribution >= 4 is 17.1 Å². The van der Waals surface area contributed by atoms with E-state index in [1.165, 1.54) is 0 Å². The van der Waals surface area contributed by atoms with Crippen molar-refractivity contribution in [2.24, 2.45) is 0 Å². The number of pyridine rings is 1. The maximum absolute atomic E-state index is 12.7. The predicted molar refractivity (Wildman–Crippen MR) is 96.1 cm³/mol. The van der Waals surface area contributed by atoms with E-state index in [0.29, 0.717) is 22.7 Å². The molecule has 0 aliphatic carbocycles. The lowest BCUT2D eigenvalue weighted by molar-refractivity contribution is 0.102. The molecule has 0 bridgehead atoms. The molecule has 0 atom stereocenters. The van der Waals surface area contributed by atoms with Gasteiger partial charge in [0.2, 0.25) is 0 Å². The van der Waals surface area contributed by atoms with E-state index in [4.69, 9.17) is 4.74 Å². The molecule has 0 aliphatic heterocycles. The van der Waals surface area contributed by atoms with Crippen molar-refractivity contribution in [3.05, 3.63) is 90.8 Å². The van der Waals surface area contributed by atoms with Crippen LogP contribution in [0, 0.1) is 0 Å². The Morgan fingerprint density at radius 2 is 1.76 bits per heavy atom. The Hall–Kier alpha value is -3.60. The van der Waals surface area contributed by atoms with Gasteiger partial charge in [0.1, 0.15) is 11.5 Å². The highest BCUT2D eigenvalue weighted by molar-refractivity contribution is 6.06. The normalized spacial score (nSPS) is 10.6. The van der Waals surface area contributed by atoms with Gasteiger partial charge in [-0.25, -0.2) is 4.52 Å². The fourth-order valence-electron chi connectivity index (χ4n) is 2.56. The fraction of sp³-hybridized carbons (Fsp3) is 0. The summed E-state index contributed by atoms with van der Waals surface area (Å²) >= 11 is 0. The van der Waals surface area contributed by atoms with E-state index >= 15 is 0 Å². The molecule has 0 aliphatic rings. The lowest BCUT2D eigenvalue weighted by Gasteiger charge is -2.11. The Labute approximate surface area is 144 Å². The number of hydrogen-bond donors (Lipinski definition) is 1. The van der Waals surface area contributed by atoms with Crippen LogP contribution in [0.15, 0.2) is 85.2 Å². The molecule has 0 spiro atoms. The number of benzene rings is 2. The van der Waals surface area contributed by atoms with Crippen molar-refractivity contribution in [3.8, 4) is 11.5 Å². The zero-order valence-electron chi connectivity index (χ0n) is 13.3. The predicted octanol–water partition coefficient (Wildman–Crippen LogP) is 4.38. The molecule has 0 fully saturated rings. The average molecular weight is 329 g/mol. The van der Waals surface area contributed by atoms with Crippen LogP contribution < -0.4 is 10.1 Å². The van der Waals surface area contributed by atoms with Crippen LogP contribution in [0.3, 0.4) is 0 Å². The topological polar surface area (TPSA) is 55.6 Å². The summed E-state index contributed by atoms with van der Waals surface area (Å²) in [4.78, 5) is 12.7. The highest BCUT2D eigenvalue weighted by Gasteiger charge is 2.13. The van der Waals surface area contributed by atoms with Crippen LogP contribution in [0.25, 0.3) is 5.52 Å². The summed E-state index contributed by atoms with van der Waals surface area (Å²) in [6.07, 6.45) is 3.52. The van der Waals surface area contributed by atoms with Crippen LogP contribution in [0.1, 0.15) is 10.4 Å². The van der Waals surface area contributed by atoms with Crippen molar-refractivity contribution in [3.63, 3.8) is 0 Å². The van der Waals surface area contributed by atoms with Gasteiger partial charge in [0.15, 0.2) is 0 Å². The monoisotopic (exact) mass is 329 g/mol. The molecule has 2 heterocycles. The lowest BCUT2D eigenvalue weighted by Crippen LogP contribution is -2.13. The van der Waals surface area contributed by atoms with E-state index < -0.39 is 0 Å². The van der Waals surface area contributed by atoms with Crippen LogP contribution in [0.2, 0.25) is 0 Å². The van der Waals surface area contributed by atoms with E-state index in [-0.39, 0.29) is 5.91 Å². The molecule has 1 N–H and O–H groups in total. The molecule has 5 nitrogen and oxygen atoms in total. The number of ether oxygens (including phenoxy) is 1. The second-order valence-corrected chi connectivity index (χ2v) is 5.48. The first-order valence-electron chi connectivity index (χ1n) is 7.86. The first kappa shape index (κ1) is 15.0. The molecule has 2 aromatic heterocycles. The van der Waals surface area contributed by atoms with Crippen LogP contribution in [0.4, 0.5) is 5.69 Å². The van der Waals surface area contributed by atoms with E-state index in [9.17, 15) is 4.79 Å². The van der Waals surface area contributed by atoms with E-state index in [2.05, 4.69) is 10.4 Å². The first-order chi connectivity index (χ1) is 12.3. The minimum atomic E-state index is -0.226. The summed E-state index contributed by atoms with van der Waals surface area (Å²) in [5.74, 6) is 0.968. The molecule has 1 amide bonds. The number of anilines is 1.